The van der Waals surface area contributed by atoms with Crippen LogP contribution in [-0.4, -0.2) is 48.4 Å². The number of benzene rings is 1. The molecule has 4 rings (SSSR count). The fourth-order valence-electron chi connectivity index (χ4n) is 3.51. The van der Waals surface area contributed by atoms with Crippen LogP contribution in [0.1, 0.15) is 25.7 Å². The predicted molar refractivity (Wildman–Crippen MR) is 93.4 cm³/mol. The van der Waals surface area contributed by atoms with Crippen molar-refractivity contribution in [2.24, 2.45) is 5.73 Å². The van der Waals surface area contributed by atoms with Gasteiger partial charge in [0.1, 0.15) is 11.3 Å². The molecule has 0 bridgehead atoms. The summed E-state index contributed by atoms with van der Waals surface area (Å²) < 4.78 is 11.8. The van der Waals surface area contributed by atoms with Crippen molar-refractivity contribution in [3.8, 4) is 5.75 Å². The number of fused-ring (bicyclic) bond motifs is 1. The van der Waals surface area contributed by atoms with E-state index in [0.29, 0.717) is 6.04 Å². The van der Waals surface area contributed by atoms with Gasteiger partial charge in [-0.2, -0.15) is 0 Å². The number of rotatable bonds is 3. The maximum atomic E-state index is 6.33. The highest BCUT2D eigenvalue weighted by atomic mass is 16.5. The van der Waals surface area contributed by atoms with Crippen LogP contribution in [0, 0.1) is 0 Å². The van der Waals surface area contributed by atoms with Crippen molar-refractivity contribution >= 4 is 16.7 Å². The molecule has 1 saturated carbocycles. The molecule has 6 heteroatoms. The average Bonchev–Trinajstić information content (AvgIpc) is 2.64. The summed E-state index contributed by atoms with van der Waals surface area (Å²) in [7, 11) is 0. The quantitative estimate of drug-likeness (QED) is 0.930. The molecule has 0 radical (unpaired) electrons. The number of nitrogens with two attached hydrogens (primary N) is 1. The van der Waals surface area contributed by atoms with E-state index >= 15 is 0 Å². The second-order valence-electron chi connectivity index (χ2n) is 6.62. The molecule has 1 aromatic carbocycles. The van der Waals surface area contributed by atoms with Gasteiger partial charge in [-0.25, -0.2) is 4.98 Å². The number of hydrogen-bond donors (Lipinski definition) is 1. The minimum atomic E-state index is 0.218. The van der Waals surface area contributed by atoms with Gasteiger partial charge in [-0.15, -0.1) is 0 Å². The summed E-state index contributed by atoms with van der Waals surface area (Å²) >= 11 is 0. The van der Waals surface area contributed by atoms with Crippen molar-refractivity contribution in [3.63, 3.8) is 0 Å². The largest absolute Gasteiger partial charge is 0.488 e. The smallest absolute Gasteiger partial charge is 0.149 e. The van der Waals surface area contributed by atoms with Gasteiger partial charge in [0.15, 0.2) is 0 Å². The zero-order chi connectivity index (χ0) is 16.4. The Hall–Kier alpha value is -1.92. The molecular formula is C18H24N4O2. The number of nitrogens with zero attached hydrogens (tertiary/aromatic N) is 3. The summed E-state index contributed by atoms with van der Waals surface area (Å²) in [6.07, 6.45) is 7.73. The van der Waals surface area contributed by atoms with Gasteiger partial charge in [-0.3, -0.25) is 4.98 Å². The highest BCUT2D eigenvalue weighted by Crippen LogP contribution is 2.32. The van der Waals surface area contributed by atoms with Gasteiger partial charge in [0.25, 0.3) is 0 Å². The predicted octanol–water partition coefficient (Wildman–Crippen LogP) is 2.12. The normalized spacial score (nSPS) is 25.0. The summed E-state index contributed by atoms with van der Waals surface area (Å²) in [5.74, 6) is 0.836. The molecule has 2 heterocycles. The molecular weight excluding hydrogens is 304 g/mol. The molecule has 128 valence electrons. The van der Waals surface area contributed by atoms with Crippen LogP contribution in [0.4, 0.5) is 5.69 Å². The molecule has 24 heavy (non-hydrogen) atoms. The van der Waals surface area contributed by atoms with E-state index in [1.54, 1.807) is 12.4 Å². The lowest BCUT2D eigenvalue weighted by molar-refractivity contribution is 0.122. The maximum Gasteiger partial charge on any atom is 0.149 e. The topological polar surface area (TPSA) is 73.5 Å². The first-order valence-corrected chi connectivity index (χ1v) is 8.79. The van der Waals surface area contributed by atoms with Gasteiger partial charge in [0, 0.05) is 43.3 Å². The molecule has 1 aromatic heterocycles. The SMILES string of the molecule is N[C@H]1CC[C@@H](Oc2cc(N3CCOCC3)cc3nccnc23)CC1. The van der Waals surface area contributed by atoms with Gasteiger partial charge in [-0.1, -0.05) is 0 Å². The molecule has 0 amide bonds. The summed E-state index contributed by atoms with van der Waals surface area (Å²) in [5.41, 5.74) is 8.86. The Labute approximate surface area is 142 Å². The Morgan fingerprint density at radius 3 is 2.58 bits per heavy atom. The van der Waals surface area contributed by atoms with Crippen molar-refractivity contribution in [3.05, 3.63) is 24.5 Å². The molecule has 1 saturated heterocycles. The molecule has 0 atom stereocenters. The zero-order valence-corrected chi connectivity index (χ0v) is 13.9. The Kier molecular flexibility index (Phi) is 4.49. The molecule has 0 unspecified atom stereocenters. The van der Waals surface area contributed by atoms with Crippen LogP contribution < -0.4 is 15.4 Å². The molecule has 2 aromatic rings. The number of aromatic nitrogens is 2. The van der Waals surface area contributed by atoms with Crippen molar-refractivity contribution in [2.45, 2.75) is 37.8 Å². The standard InChI is InChI=1S/C18H24N4O2/c19-13-1-3-15(4-2-13)24-17-12-14(22-7-9-23-10-8-22)11-16-18(17)21-6-5-20-16/h5-6,11-13,15H,1-4,7-10,19H2/t13-,15+. The van der Waals surface area contributed by atoms with E-state index in [1.807, 2.05) is 0 Å². The molecule has 2 aliphatic rings. The molecule has 1 aliphatic heterocycles. The Morgan fingerprint density at radius 2 is 1.79 bits per heavy atom. The number of anilines is 1. The third-order valence-corrected chi connectivity index (χ3v) is 4.91. The van der Waals surface area contributed by atoms with E-state index in [-0.39, 0.29) is 6.10 Å². The van der Waals surface area contributed by atoms with E-state index in [2.05, 4.69) is 27.0 Å². The van der Waals surface area contributed by atoms with Crippen LogP contribution in [0.15, 0.2) is 24.5 Å². The molecule has 1 aliphatic carbocycles. The lowest BCUT2D eigenvalue weighted by atomic mass is 9.94. The van der Waals surface area contributed by atoms with E-state index < -0.39 is 0 Å². The number of ether oxygens (including phenoxy) is 2. The molecule has 2 N–H and O–H groups in total. The van der Waals surface area contributed by atoms with Crippen LogP contribution in [0.5, 0.6) is 5.75 Å². The Morgan fingerprint density at radius 1 is 1.04 bits per heavy atom. The van der Waals surface area contributed by atoms with Crippen LogP contribution >= 0.6 is 0 Å². The van der Waals surface area contributed by atoms with Gasteiger partial charge in [0.05, 0.1) is 24.8 Å². The van der Waals surface area contributed by atoms with Crippen LogP contribution in [0.25, 0.3) is 11.0 Å². The second-order valence-corrected chi connectivity index (χ2v) is 6.62. The van der Waals surface area contributed by atoms with Gasteiger partial charge in [0.2, 0.25) is 0 Å². The summed E-state index contributed by atoms with van der Waals surface area (Å²) in [6.45, 7) is 3.30. The van der Waals surface area contributed by atoms with Crippen molar-refractivity contribution in [2.75, 3.05) is 31.2 Å². The lowest BCUT2D eigenvalue weighted by Gasteiger charge is -2.30. The van der Waals surface area contributed by atoms with Gasteiger partial charge < -0.3 is 20.1 Å². The summed E-state index contributed by atoms with van der Waals surface area (Å²) in [6, 6.07) is 4.52. The van der Waals surface area contributed by atoms with E-state index in [9.17, 15) is 0 Å². The highest BCUT2D eigenvalue weighted by molar-refractivity contribution is 5.85. The minimum Gasteiger partial charge on any atom is -0.488 e. The number of hydrogen-bond acceptors (Lipinski definition) is 6. The third-order valence-electron chi connectivity index (χ3n) is 4.91. The Balaban J connectivity index is 1.64. The van der Waals surface area contributed by atoms with Gasteiger partial charge >= 0.3 is 0 Å². The third kappa shape index (κ3) is 3.30. The number of morpholine rings is 1. The van der Waals surface area contributed by atoms with E-state index in [4.69, 9.17) is 15.2 Å². The van der Waals surface area contributed by atoms with Gasteiger partial charge in [-0.05, 0) is 31.7 Å². The van der Waals surface area contributed by atoms with Crippen LogP contribution in [-0.2, 0) is 4.74 Å². The first-order chi connectivity index (χ1) is 11.8. The maximum absolute atomic E-state index is 6.33. The van der Waals surface area contributed by atoms with Crippen molar-refractivity contribution < 1.29 is 9.47 Å². The summed E-state index contributed by atoms with van der Waals surface area (Å²) in [4.78, 5) is 11.3. The first kappa shape index (κ1) is 15.6. The second kappa shape index (κ2) is 6.91. The summed E-state index contributed by atoms with van der Waals surface area (Å²) in [5, 5.41) is 0. The van der Waals surface area contributed by atoms with E-state index in [1.165, 1.54) is 0 Å². The molecule has 0 spiro atoms. The lowest BCUT2D eigenvalue weighted by Crippen LogP contribution is -2.36. The van der Waals surface area contributed by atoms with Crippen molar-refractivity contribution in [1.82, 2.24) is 9.97 Å². The van der Waals surface area contributed by atoms with Crippen LogP contribution in [0.3, 0.4) is 0 Å². The monoisotopic (exact) mass is 328 g/mol. The zero-order valence-electron chi connectivity index (χ0n) is 13.9. The Bertz CT molecular complexity index is 694. The fraction of sp³-hybridized carbons (Fsp3) is 0.556. The highest BCUT2D eigenvalue weighted by Gasteiger charge is 2.22. The van der Waals surface area contributed by atoms with Crippen LogP contribution in [0.2, 0.25) is 0 Å². The van der Waals surface area contributed by atoms with Crippen molar-refractivity contribution in [1.29, 1.82) is 0 Å². The average molecular weight is 328 g/mol. The minimum absolute atomic E-state index is 0.218. The first-order valence-electron chi connectivity index (χ1n) is 8.79. The van der Waals surface area contributed by atoms with E-state index in [0.717, 1.165) is 74.5 Å². The molecule has 2 fully saturated rings. The molecule has 6 nitrogen and oxygen atoms in total. The fourth-order valence-corrected chi connectivity index (χ4v) is 3.51.